The molecule has 0 bridgehead atoms. The highest BCUT2D eigenvalue weighted by Gasteiger charge is 2.13. The molecule has 16 heavy (non-hydrogen) atoms. The first-order chi connectivity index (χ1) is 7.63. The Hall–Kier alpha value is -1.92. The summed E-state index contributed by atoms with van der Waals surface area (Å²) in [6, 6.07) is 0. The molecule has 0 atom stereocenters. The van der Waals surface area contributed by atoms with Gasteiger partial charge >= 0.3 is 17.8 Å². The van der Waals surface area contributed by atoms with Gasteiger partial charge < -0.3 is 14.5 Å². The zero-order valence-corrected chi connectivity index (χ0v) is 9.15. The molecule has 1 aromatic heterocycles. The third kappa shape index (κ3) is 3.68. The molecule has 0 fully saturated rings. The van der Waals surface area contributed by atoms with Gasteiger partial charge in [0.2, 0.25) is 5.89 Å². The van der Waals surface area contributed by atoms with Crippen molar-refractivity contribution in [3.8, 4) is 0 Å². The van der Waals surface area contributed by atoms with Crippen LogP contribution in [0.15, 0.2) is 4.42 Å². The molecule has 0 aliphatic rings. The van der Waals surface area contributed by atoms with Gasteiger partial charge in [0.05, 0.1) is 13.0 Å². The first-order valence-electron chi connectivity index (χ1n) is 4.87. The number of amides is 1. The summed E-state index contributed by atoms with van der Waals surface area (Å²) in [6.07, 6.45) is 0.118. The van der Waals surface area contributed by atoms with Gasteiger partial charge in [-0.25, -0.2) is 0 Å². The van der Waals surface area contributed by atoms with Crippen LogP contribution in [0.25, 0.3) is 0 Å². The third-order valence-corrected chi connectivity index (χ3v) is 1.64. The first kappa shape index (κ1) is 12.2. The summed E-state index contributed by atoms with van der Waals surface area (Å²) in [6.45, 7) is 3.81. The topological polar surface area (TPSA) is 94.3 Å². The Morgan fingerprint density at radius 2 is 2.19 bits per heavy atom. The molecule has 0 aliphatic heterocycles. The van der Waals surface area contributed by atoms with Crippen molar-refractivity contribution >= 4 is 11.9 Å². The highest BCUT2D eigenvalue weighted by molar-refractivity contribution is 5.89. The van der Waals surface area contributed by atoms with Crippen molar-refractivity contribution in [3.63, 3.8) is 0 Å². The number of nitrogens with one attached hydrogen (secondary N) is 1. The van der Waals surface area contributed by atoms with Gasteiger partial charge in [-0.3, -0.25) is 9.59 Å². The second kappa shape index (κ2) is 5.84. The normalized spacial score (nSPS) is 9.88. The highest BCUT2D eigenvalue weighted by Crippen LogP contribution is 1.97. The summed E-state index contributed by atoms with van der Waals surface area (Å²) in [5, 5.41) is 9.51. The monoisotopic (exact) mass is 227 g/mol. The Kier molecular flexibility index (Phi) is 4.43. The van der Waals surface area contributed by atoms with Crippen LogP contribution in [0.3, 0.4) is 0 Å². The molecule has 0 saturated heterocycles. The van der Waals surface area contributed by atoms with Crippen molar-refractivity contribution in [3.05, 3.63) is 11.8 Å². The van der Waals surface area contributed by atoms with E-state index in [-0.39, 0.29) is 24.8 Å². The van der Waals surface area contributed by atoms with Crippen LogP contribution >= 0.6 is 0 Å². The molecule has 7 nitrogen and oxygen atoms in total. The lowest BCUT2D eigenvalue weighted by molar-refractivity contribution is -0.142. The minimum Gasteiger partial charge on any atom is -0.466 e. The van der Waals surface area contributed by atoms with E-state index < -0.39 is 5.91 Å². The summed E-state index contributed by atoms with van der Waals surface area (Å²) >= 11 is 0. The summed E-state index contributed by atoms with van der Waals surface area (Å²) in [4.78, 5) is 22.3. The number of esters is 1. The maximum absolute atomic E-state index is 11.3. The molecule has 1 rings (SSSR count). The van der Waals surface area contributed by atoms with E-state index in [1.54, 1.807) is 13.8 Å². The molecule has 1 aromatic rings. The third-order valence-electron chi connectivity index (χ3n) is 1.64. The molecule has 88 valence electrons. The number of rotatable bonds is 5. The molecule has 1 heterocycles. The fourth-order valence-corrected chi connectivity index (χ4v) is 0.975. The summed E-state index contributed by atoms with van der Waals surface area (Å²) in [5.74, 6) is -0.647. The van der Waals surface area contributed by atoms with Gasteiger partial charge in [0, 0.05) is 13.5 Å². The van der Waals surface area contributed by atoms with Crippen LogP contribution in [0, 0.1) is 6.92 Å². The van der Waals surface area contributed by atoms with Crippen LogP contribution in [0.5, 0.6) is 0 Å². The first-order valence-corrected chi connectivity index (χ1v) is 4.87. The molecule has 0 aliphatic carbocycles. The Balaban J connectivity index is 2.28. The van der Waals surface area contributed by atoms with Crippen LogP contribution in [0.1, 0.15) is 29.9 Å². The van der Waals surface area contributed by atoms with Gasteiger partial charge in [0.15, 0.2) is 0 Å². The predicted molar refractivity (Wildman–Crippen MR) is 52.6 cm³/mol. The number of nitrogens with zero attached hydrogens (tertiary/aromatic N) is 2. The van der Waals surface area contributed by atoms with E-state index in [2.05, 4.69) is 15.5 Å². The number of hydrogen-bond donors (Lipinski definition) is 1. The van der Waals surface area contributed by atoms with Crippen LogP contribution in [-0.2, 0) is 9.53 Å². The van der Waals surface area contributed by atoms with Crippen LogP contribution in [0.2, 0.25) is 0 Å². The van der Waals surface area contributed by atoms with Crippen LogP contribution in [0.4, 0.5) is 0 Å². The maximum atomic E-state index is 11.3. The minimum atomic E-state index is -0.495. The fraction of sp³-hybridized carbons (Fsp3) is 0.556. The Bertz CT molecular complexity index is 375. The van der Waals surface area contributed by atoms with Gasteiger partial charge in [-0.15, -0.1) is 10.2 Å². The molecular weight excluding hydrogens is 214 g/mol. The number of carbonyl (C=O) groups is 2. The molecule has 1 N–H and O–H groups in total. The molecule has 0 aromatic carbocycles. The van der Waals surface area contributed by atoms with Gasteiger partial charge in [0.1, 0.15) is 0 Å². The quantitative estimate of drug-likeness (QED) is 0.715. The molecule has 1 amide bonds. The van der Waals surface area contributed by atoms with E-state index in [9.17, 15) is 9.59 Å². The number of hydrogen-bond acceptors (Lipinski definition) is 6. The zero-order valence-electron chi connectivity index (χ0n) is 9.15. The lowest BCUT2D eigenvalue weighted by Crippen LogP contribution is -2.26. The Labute approximate surface area is 92.2 Å². The summed E-state index contributed by atoms with van der Waals surface area (Å²) in [7, 11) is 0. The lowest BCUT2D eigenvalue weighted by Gasteiger charge is -2.02. The number of ether oxygens (including phenoxy) is 1. The SMILES string of the molecule is CCOC(=O)CCNC(=O)c1nnc(C)o1. The average Bonchev–Trinajstić information content (AvgIpc) is 2.65. The maximum Gasteiger partial charge on any atom is 0.308 e. The molecule has 0 spiro atoms. The molecule has 0 saturated carbocycles. The predicted octanol–water partition coefficient (Wildman–Crippen LogP) is 0.0610. The second-order valence-electron chi connectivity index (χ2n) is 2.94. The molecule has 0 radical (unpaired) electrons. The van der Waals surface area contributed by atoms with Crippen molar-refractivity contribution < 1.29 is 18.7 Å². The van der Waals surface area contributed by atoms with Crippen molar-refractivity contribution in [2.75, 3.05) is 13.2 Å². The van der Waals surface area contributed by atoms with Crippen molar-refractivity contribution in [2.24, 2.45) is 0 Å². The van der Waals surface area contributed by atoms with Gasteiger partial charge in [-0.05, 0) is 6.92 Å². The van der Waals surface area contributed by atoms with E-state index in [0.29, 0.717) is 12.5 Å². The van der Waals surface area contributed by atoms with Gasteiger partial charge in [-0.1, -0.05) is 0 Å². The average molecular weight is 227 g/mol. The lowest BCUT2D eigenvalue weighted by atomic mass is 10.4. The minimum absolute atomic E-state index is 0.110. The smallest absolute Gasteiger partial charge is 0.308 e. The standard InChI is InChI=1S/C9H13N3O4/c1-3-15-7(13)4-5-10-8(14)9-12-11-6(2)16-9/h3-5H2,1-2H3,(H,10,14). The van der Waals surface area contributed by atoms with Gasteiger partial charge in [-0.2, -0.15) is 0 Å². The highest BCUT2D eigenvalue weighted by atomic mass is 16.5. The van der Waals surface area contributed by atoms with E-state index >= 15 is 0 Å². The largest absolute Gasteiger partial charge is 0.466 e. The Morgan fingerprint density at radius 1 is 1.44 bits per heavy atom. The van der Waals surface area contributed by atoms with Crippen LogP contribution in [-0.4, -0.2) is 35.2 Å². The number of aryl methyl sites for hydroxylation is 1. The van der Waals surface area contributed by atoms with Crippen LogP contribution < -0.4 is 5.32 Å². The summed E-state index contributed by atoms with van der Waals surface area (Å²) in [5.41, 5.74) is 0. The van der Waals surface area contributed by atoms with E-state index in [0.717, 1.165) is 0 Å². The zero-order chi connectivity index (χ0) is 12.0. The van der Waals surface area contributed by atoms with E-state index in [1.807, 2.05) is 0 Å². The number of aromatic nitrogens is 2. The second-order valence-corrected chi connectivity index (χ2v) is 2.94. The number of carbonyl (C=O) groups excluding carboxylic acids is 2. The van der Waals surface area contributed by atoms with Crippen molar-refractivity contribution in [1.29, 1.82) is 0 Å². The fourth-order valence-electron chi connectivity index (χ4n) is 0.975. The van der Waals surface area contributed by atoms with Crippen molar-refractivity contribution in [1.82, 2.24) is 15.5 Å². The van der Waals surface area contributed by atoms with Crippen molar-refractivity contribution in [2.45, 2.75) is 20.3 Å². The molecular formula is C9H13N3O4. The van der Waals surface area contributed by atoms with E-state index in [1.165, 1.54) is 0 Å². The molecule has 7 heteroatoms. The summed E-state index contributed by atoms with van der Waals surface area (Å²) < 4.78 is 9.59. The molecule has 0 unspecified atom stereocenters. The van der Waals surface area contributed by atoms with E-state index in [4.69, 9.17) is 9.15 Å². The Morgan fingerprint density at radius 3 is 2.75 bits per heavy atom. The van der Waals surface area contributed by atoms with Gasteiger partial charge in [0.25, 0.3) is 0 Å².